The molecule has 0 heterocycles. The van der Waals surface area contributed by atoms with E-state index in [0.29, 0.717) is 0 Å². The molecule has 0 aliphatic heterocycles. The first-order chi connectivity index (χ1) is 3.13. The molecule has 0 bridgehead atoms. The molecule has 0 atom stereocenters. The highest BCUT2D eigenvalue weighted by atomic mass is 32.1. The topological polar surface area (TPSA) is 26.3 Å². The molecule has 0 spiro atoms. The third kappa shape index (κ3) is 5.69. The Balaban J connectivity index is 3.13. The van der Waals surface area contributed by atoms with Crippen LogP contribution in [0.1, 0.15) is 13.8 Å². The molecule has 0 amide bonds. The zero-order chi connectivity index (χ0) is 5.86. The lowest BCUT2D eigenvalue weighted by molar-refractivity contribution is 0.143. The molecule has 0 saturated carbocycles. The highest BCUT2D eigenvalue weighted by molar-refractivity contribution is 7.76. The smallest absolute Gasteiger partial charge is 0.184 e. The van der Waals surface area contributed by atoms with E-state index in [0.717, 1.165) is 0 Å². The fourth-order valence-corrected chi connectivity index (χ4v) is 0.385. The fourth-order valence-electron chi connectivity index (χ4n) is 0.192. The van der Waals surface area contributed by atoms with Gasteiger partial charge in [-0.05, 0) is 13.8 Å². The minimum atomic E-state index is -0.630. The van der Waals surface area contributed by atoms with E-state index in [2.05, 4.69) is 17.4 Å². The highest BCUT2D eigenvalue weighted by Crippen LogP contribution is 1.86. The maximum absolute atomic E-state index is 9.85. The Morgan fingerprint density at radius 2 is 2.14 bits per heavy atom. The minimum Gasteiger partial charge on any atom is -0.698 e. The van der Waals surface area contributed by atoms with Crippen molar-refractivity contribution in [3.05, 3.63) is 0 Å². The monoisotopic (exact) mass is 119 g/mol. The Hall–Kier alpha value is -0.310. The van der Waals surface area contributed by atoms with Crippen molar-refractivity contribution in [2.75, 3.05) is 0 Å². The van der Waals surface area contributed by atoms with Crippen LogP contribution in [0, 0.1) is 0 Å². The lowest BCUT2D eigenvalue weighted by atomic mass is 10.5. The van der Waals surface area contributed by atoms with Crippen LogP contribution in [0.3, 0.4) is 0 Å². The van der Waals surface area contributed by atoms with Gasteiger partial charge in [-0.25, -0.2) is 0 Å². The SMILES string of the molecule is CC(C)OC(=O)[S-]. The van der Waals surface area contributed by atoms with E-state index in [1.165, 1.54) is 0 Å². The lowest BCUT2D eigenvalue weighted by Crippen LogP contribution is -2.05. The van der Waals surface area contributed by atoms with Crippen molar-refractivity contribution in [3.63, 3.8) is 0 Å². The summed E-state index contributed by atoms with van der Waals surface area (Å²) in [5.74, 6) is 0. The molecule has 0 rings (SSSR count). The average molecular weight is 119 g/mol. The maximum Gasteiger partial charge on any atom is 0.184 e. The number of carbonyl (C=O) groups is 1. The Morgan fingerprint density at radius 1 is 1.71 bits per heavy atom. The Kier molecular flexibility index (Phi) is 2.67. The summed E-state index contributed by atoms with van der Waals surface area (Å²) in [5, 5.41) is -0.630. The molecule has 7 heavy (non-hydrogen) atoms. The van der Waals surface area contributed by atoms with Gasteiger partial charge in [0, 0.05) is 0 Å². The molecule has 0 saturated heterocycles. The Bertz CT molecular complexity index is 70.1. The molecule has 42 valence electrons. The van der Waals surface area contributed by atoms with Crippen LogP contribution in [0.25, 0.3) is 0 Å². The molecule has 0 radical (unpaired) electrons. The third-order valence-corrected chi connectivity index (χ3v) is 0.428. The van der Waals surface area contributed by atoms with Gasteiger partial charge in [0.05, 0.1) is 6.10 Å². The normalized spacial score (nSPS) is 9.00. The van der Waals surface area contributed by atoms with Gasteiger partial charge in [0.15, 0.2) is 5.30 Å². The summed E-state index contributed by atoms with van der Waals surface area (Å²) < 4.78 is 4.43. The summed E-state index contributed by atoms with van der Waals surface area (Å²) in [6.07, 6.45) is -0.0787. The molecule has 0 aliphatic carbocycles. The van der Waals surface area contributed by atoms with E-state index >= 15 is 0 Å². The summed E-state index contributed by atoms with van der Waals surface area (Å²) in [4.78, 5) is 9.85. The van der Waals surface area contributed by atoms with Crippen LogP contribution in [0.15, 0.2) is 0 Å². The largest absolute Gasteiger partial charge is 0.698 e. The molecule has 2 nitrogen and oxygen atoms in total. The highest BCUT2D eigenvalue weighted by Gasteiger charge is 1.87. The first-order valence-electron chi connectivity index (χ1n) is 2.00. The van der Waals surface area contributed by atoms with E-state index in [1.807, 2.05) is 0 Å². The second kappa shape index (κ2) is 2.80. The van der Waals surface area contributed by atoms with Crippen molar-refractivity contribution >= 4 is 17.9 Å². The van der Waals surface area contributed by atoms with Crippen molar-refractivity contribution < 1.29 is 9.53 Å². The van der Waals surface area contributed by atoms with Crippen LogP contribution in [-0.2, 0) is 17.4 Å². The molecular formula is C4H7O2S-. The van der Waals surface area contributed by atoms with Gasteiger partial charge in [-0.3, -0.25) is 4.79 Å². The van der Waals surface area contributed by atoms with Gasteiger partial charge in [-0.1, -0.05) is 0 Å². The molecule has 3 heteroatoms. The minimum absolute atomic E-state index is 0.0787. The number of hydrogen-bond donors (Lipinski definition) is 0. The zero-order valence-electron chi connectivity index (χ0n) is 4.30. The van der Waals surface area contributed by atoms with Crippen molar-refractivity contribution in [1.29, 1.82) is 0 Å². The summed E-state index contributed by atoms with van der Waals surface area (Å²) in [6.45, 7) is 3.51. The van der Waals surface area contributed by atoms with E-state index in [4.69, 9.17) is 0 Å². The Morgan fingerprint density at radius 3 is 2.14 bits per heavy atom. The van der Waals surface area contributed by atoms with Crippen molar-refractivity contribution in [3.8, 4) is 0 Å². The first kappa shape index (κ1) is 6.69. The predicted molar refractivity (Wildman–Crippen MR) is 29.0 cm³/mol. The molecule has 0 aromatic rings. The van der Waals surface area contributed by atoms with Crippen LogP contribution in [-0.4, -0.2) is 11.4 Å². The third-order valence-electron chi connectivity index (χ3n) is 0.332. The summed E-state index contributed by atoms with van der Waals surface area (Å²) >= 11 is 4.09. The molecule has 0 N–H and O–H groups in total. The van der Waals surface area contributed by atoms with E-state index < -0.39 is 5.30 Å². The van der Waals surface area contributed by atoms with Crippen molar-refractivity contribution in [2.45, 2.75) is 20.0 Å². The molecular weight excluding hydrogens is 112 g/mol. The second-order valence-electron chi connectivity index (χ2n) is 1.42. The summed E-state index contributed by atoms with van der Waals surface area (Å²) in [7, 11) is 0. The van der Waals surface area contributed by atoms with E-state index in [9.17, 15) is 4.79 Å². The van der Waals surface area contributed by atoms with Crippen LogP contribution in [0.2, 0.25) is 0 Å². The quantitative estimate of drug-likeness (QED) is 0.381. The van der Waals surface area contributed by atoms with Crippen LogP contribution < -0.4 is 0 Å². The molecule has 0 fully saturated rings. The number of rotatable bonds is 1. The molecule has 0 unspecified atom stereocenters. The van der Waals surface area contributed by atoms with Crippen molar-refractivity contribution in [2.24, 2.45) is 0 Å². The molecule has 0 aromatic heterocycles. The van der Waals surface area contributed by atoms with Gasteiger partial charge in [0.1, 0.15) is 0 Å². The standard InChI is InChI=1S/C4H8O2S/c1-3(2)6-4(5)7/h3H,1-2H3,(H,5,7)/p-1. The van der Waals surface area contributed by atoms with Crippen LogP contribution >= 0.6 is 0 Å². The lowest BCUT2D eigenvalue weighted by Gasteiger charge is -2.09. The van der Waals surface area contributed by atoms with E-state index in [1.54, 1.807) is 13.8 Å². The average Bonchev–Trinajstić information content (AvgIpc) is 1.27. The molecule has 0 aliphatic rings. The first-order valence-corrected chi connectivity index (χ1v) is 2.41. The number of carbonyl (C=O) groups excluding carboxylic acids is 1. The van der Waals surface area contributed by atoms with Gasteiger partial charge in [-0.15, -0.1) is 0 Å². The Labute approximate surface area is 48.3 Å². The van der Waals surface area contributed by atoms with Gasteiger partial charge in [0.25, 0.3) is 0 Å². The van der Waals surface area contributed by atoms with Crippen LogP contribution in [0.5, 0.6) is 0 Å². The molecule has 0 aromatic carbocycles. The second-order valence-corrected chi connectivity index (χ2v) is 1.75. The number of ether oxygens (including phenoxy) is 1. The van der Waals surface area contributed by atoms with Crippen molar-refractivity contribution in [1.82, 2.24) is 0 Å². The summed E-state index contributed by atoms with van der Waals surface area (Å²) in [5.41, 5.74) is 0. The predicted octanol–water partition coefficient (Wildman–Crippen LogP) is 1.08. The fraction of sp³-hybridized carbons (Fsp3) is 0.750. The van der Waals surface area contributed by atoms with E-state index in [-0.39, 0.29) is 6.10 Å². The van der Waals surface area contributed by atoms with Gasteiger partial charge in [-0.2, -0.15) is 0 Å². The zero-order valence-corrected chi connectivity index (χ0v) is 5.12. The van der Waals surface area contributed by atoms with Crippen LogP contribution in [0.4, 0.5) is 4.79 Å². The van der Waals surface area contributed by atoms with Gasteiger partial charge >= 0.3 is 0 Å². The van der Waals surface area contributed by atoms with Gasteiger partial charge in [0.2, 0.25) is 0 Å². The number of hydrogen-bond acceptors (Lipinski definition) is 3. The van der Waals surface area contributed by atoms with Gasteiger partial charge < -0.3 is 17.4 Å². The maximum atomic E-state index is 9.85. The summed E-state index contributed by atoms with van der Waals surface area (Å²) in [6, 6.07) is 0.